The maximum Gasteiger partial charge on any atom is 0.225 e. The molecule has 2 aromatic rings. The van der Waals surface area contributed by atoms with Gasteiger partial charge in [0.2, 0.25) is 5.91 Å². The second kappa shape index (κ2) is 9.80. The number of ether oxygens (including phenoxy) is 1. The van der Waals surface area contributed by atoms with Crippen LogP contribution in [0.2, 0.25) is 0 Å². The first-order valence-corrected chi connectivity index (χ1v) is 9.37. The van der Waals surface area contributed by atoms with Crippen molar-refractivity contribution in [1.29, 1.82) is 0 Å². The van der Waals surface area contributed by atoms with Crippen LogP contribution in [0.25, 0.3) is 0 Å². The Labute approximate surface area is 156 Å². The fraction of sp³-hybridized carbons (Fsp3) is 0.429. The molecular formula is C21H29N3O2. The number of benzene rings is 1. The maximum atomic E-state index is 12.1. The molecule has 0 unspecified atom stereocenters. The predicted molar refractivity (Wildman–Crippen MR) is 106 cm³/mol. The Balaban J connectivity index is 0.00000117. The third kappa shape index (κ3) is 4.97. The van der Waals surface area contributed by atoms with Crippen LogP contribution in [-0.4, -0.2) is 42.0 Å². The second-order valence-electron chi connectivity index (χ2n) is 6.21. The first kappa shape index (κ1) is 19.8. The molecule has 140 valence electrons. The largest absolute Gasteiger partial charge is 0.453 e. The topological polar surface area (TPSA) is 45.7 Å². The average molecular weight is 355 g/mol. The Morgan fingerprint density at radius 1 is 1.00 bits per heavy atom. The van der Waals surface area contributed by atoms with Gasteiger partial charge in [0.25, 0.3) is 0 Å². The monoisotopic (exact) mass is 355 g/mol. The molecule has 0 saturated carbocycles. The minimum atomic E-state index is 0.0448. The molecule has 26 heavy (non-hydrogen) atoms. The third-order valence-electron chi connectivity index (χ3n) is 4.11. The normalized spacial score (nSPS) is 13.9. The van der Waals surface area contributed by atoms with E-state index in [2.05, 4.69) is 9.88 Å². The quantitative estimate of drug-likeness (QED) is 0.824. The van der Waals surface area contributed by atoms with Gasteiger partial charge < -0.3 is 14.5 Å². The molecule has 2 heterocycles. The van der Waals surface area contributed by atoms with E-state index in [4.69, 9.17) is 4.74 Å². The van der Waals surface area contributed by atoms with Gasteiger partial charge in [0, 0.05) is 38.3 Å². The van der Waals surface area contributed by atoms with E-state index in [1.165, 1.54) is 0 Å². The molecule has 0 N–H and O–H groups in total. The number of hydrogen-bond acceptors (Lipinski definition) is 4. The van der Waals surface area contributed by atoms with Crippen LogP contribution in [0, 0.1) is 5.92 Å². The summed E-state index contributed by atoms with van der Waals surface area (Å²) >= 11 is 0. The molecular weight excluding hydrogens is 326 g/mol. The van der Waals surface area contributed by atoms with Crippen LogP contribution >= 0.6 is 0 Å². The number of nitrogens with zero attached hydrogens (tertiary/aromatic N) is 3. The minimum Gasteiger partial charge on any atom is -0.453 e. The summed E-state index contributed by atoms with van der Waals surface area (Å²) in [6.45, 7) is 10.9. The van der Waals surface area contributed by atoms with Crippen LogP contribution < -0.4 is 9.64 Å². The van der Waals surface area contributed by atoms with E-state index in [-0.39, 0.29) is 11.8 Å². The van der Waals surface area contributed by atoms with E-state index < -0.39 is 0 Å². The van der Waals surface area contributed by atoms with Gasteiger partial charge in [0.05, 0.1) is 0 Å². The highest BCUT2D eigenvalue weighted by Gasteiger charge is 2.25. The Morgan fingerprint density at radius 2 is 1.65 bits per heavy atom. The number of hydrogen-bond donors (Lipinski definition) is 0. The number of aromatic nitrogens is 1. The number of carbonyl (C=O) groups is 1. The van der Waals surface area contributed by atoms with Crippen LogP contribution in [0.15, 0.2) is 48.7 Å². The fourth-order valence-corrected chi connectivity index (χ4v) is 2.82. The number of anilines is 1. The van der Waals surface area contributed by atoms with Gasteiger partial charge in [-0.15, -0.1) is 0 Å². The van der Waals surface area contributed by atoms with Gasteiger partial charge in [0.15, 0.2) is 11.6 Å². The molecule has 1 aliphatic rings. The van der Waals surface area contributed by atoms with E-state index in [0.29, 0.717) is 0 Å². The molecule has 0 bridgehead atoms. The standard InChI is InChI=1S/C19H23N3O2.C2H6/c1-15(2)19(23)22-13-11-21(12-14-22)18-17(9-6-10-20-18)24-16-7-4-3-5-8-16;1-2/h3-10,15H,11-14H2,1-2H3;1-2H3. The van der Waals surface area contributed by atoms with Crippen molar-refractivity contribution >= 4 is 11.7 Å². The summed E-state index contributed by atoms with van der Waals surface area (Å²) in [7, 11) is 0. The molecule has 1 amide bonds. The lowest BCUT2D eigenvalue weighted by molar-refractivity contribution is -0.134. The maximum absolute atomic E-state index is 12.1. The Hall–Kier alpha value is -2.56. The van der Waals surface area contributed by atoms with Gasteiger partial charge in [-0.3, -0.25) is 4.79 Å². The smallest absolute Gasteiger partial charge is 0.225 e. The minimum absolute atomic E-state index is 0.0448. The summed E-state index contributed by atoms with van der Waals surface area (Å²) < 4.78 is 5.99. The lowest BCUT2D eigenvalue weighted by Crippen LogP contribution is -2.50. The Kier molecular flexibility index (Phi) is 7.45. The zero-order valence-electron chi connectivity index (χ0n) is 16.2. The SMILES string of the molecule is CC.CC(C)C(=O)N1CCN(c2ncccc2Oc2ccccc2)CC1. The summed E-state index contributed by atoms with van der Waals surface area (Å²) in [6, 6.07) is 13.5. The predicted octanol–water partition coefficient (Wildman–Crippen LogP) is 4.20. The highest BCUT2D eigenvalue weighted by molar-refractivity contribution is 5.78. The number of piperazine rings is 1. The van der Waals surface area contributed by atoms with Crippen molar-refractivity contribution in [3.63, 3.8) is 0 Å². The van der Waals surface area contributed by atoms with Crippen LogP contribution in [-0.2, 0) is 4.79 Å². The van der Waals surface area contributed by atoms with E-state index in [1.54, 1.807) is 6.20 Å². The number of para-hydroxylation sites is 1. The lowest BCUT2D eigenvalue weighted by Gasteiger charge is -2.36. The number of pyridine rings is 1. The number of rotatable bonds is 4. The van der Waals surface area contributed by atoms with Gasteiger partial charge in [0.1, 0.15) is 5.75 Å². The van der Waals surface area contributed by atoms with Crippen LogP contribution in [0.1, 0.15) is 27.7 Å². The molecule has 1 saturated heterocycles. The summed E-state index contributed by atoms with van der Waals surface area (Å²) in [4.78, 5) is 20.7. The van der Waals surface area contributed by atoms with Gasteiger partial charge in [-0.1, -0.05) is 45.9 Å². The zero-order valence-corrected chi connectivity index (χ0v) is 16.2. The fourth-order valence-electron chi connectivity index (χ4n) is 2.82. The molecule has 1 aromatic heterocycles. The Morgan fingerprint density at radius 3 is 2.27 bits per heavy atom. The molecule has 0 radical (unpaired) electrons. The Bertz CT molecular complexity index is 681. The second-order valence-corrected chi connectivity index (χ2v) is 6.21. The molecule has 1 aromatic carbocycles. The molecule has 0 aliphatic carbocycles. The molecule has 3 rings (SSSR count). The van der Waals surface area contributed by atoms with Crippen LogP contribution in [0.3, 0.4) is 0 Å². The van der Waals surface area contributed by atoms with Crippen molar-refractivity contribution in [1.82, 2.24) is 9.88 Å². The summed E-state index contributed by atoms with van der Waals surface area (Å²) in [5.41, 5.74) is 0. The number of carbonyl (C=O) groups excluding carboxylic acids is 1. The first-order chi connectivity index (χ1) is 12.6. The molecule has 5 heteroatoms. The molecule has 0 atom stereocenters. The number of amides is 1. The highest BCUT2D eigenvalue weighted by atomic mass is 16.5. The van der Waals surface area contributed by atoms with Gasteiger partial charge >= 0.3 is 0 Å². The van der Waals surface area contributed by atoms with E-state index in [0.717, 1.165) is 43.5 Å². The van der Waals surface area contributed by atoms with Gasteiger partial charge in [-0.25, -0.2) is 4.98 Å². The van der Waals surface area contributed by atoms with Crippen LogP contribution in [0.4, 0.5) is 5.82 Å². The third-order valence-corrected chi connectivity index (χ3v) is 4.11. The molecule has 1 aliphatic heterocycles. The van der Waals surface area contributed by atoms with Crippen LogP contribution in [0.5, 0.6) is 11.5 Å². The van der Waals surface area contributed by atoms with Gasteiger partial charge in [-0.2, -0.15) is 0 Å². The van der Waals surface area contributed by atoms with E-state index in [9.17, 15) is 4.79 Å². The van der Waals surface area contributed by atoms with Crippen molar-refractivity contribution < 1.29 is 9.53 Å². The first-order valence-electron chi connectivity index (χ1n) is 9.37. The molecule has 1 fully saturated rings. The zero-order chi connectivity index (χ0) is 18.9. The summed E-state index contributed by atoms with van der Waals surface area (Å²) in [5.74, 6) is 2.63. The molecule has 0 spiro atoms. The van der Waals surface area contributed by atoms with Crippen molar-refractivity contribution in [2.75, 3.05) is 31.1 Å². The lowest BCUT2D eigenvalue weighted by atomic mass is 10.1. The van der Waals surface area contributed by atoms with Crippen molar-refractivity contribution in [3.05, 3.63) is 48.7 Å². The van der Waals surface area contributed by atoms with Crippen molar-refractivity contribution in [3.8, 4) is 11.5 Å². The van der Waals surface area contributed by atoms with E-state index in [1.807, 2.05) is 75.1 Å². The molecule has 5 nitrogen and oxygen atoms in total. The summed E-state index contributed by atoms with van der Waals surface area (Å²) in [6.07, 6.45) is 1.78. The van der Waals surface area contributed by atoms with Crippen molar-refractivity contribution in [2.24, 2.45) is 5.92 Å². The summed E-state index contributed by atoms with van der Waals surface area (Å²) in [5, 5.41) is 0. The highest BCUT2D eigenvalue weighted by Crippen LogP contribution is 2.30. The van der Waals surface area contributed by atoms with Crippen molar-refractivity contribution in [2.45, 2.75) is 27.7 Å². The average Bonchev–Trinajstić information content (AvgIpc) is 2.70. The van der Waals surface area contributed by atoms with Gasteiger partial charge in [-0.05, 0) is 24.3 Å². The van der Waals surface area contributed by atoms with E-state index >= 15 is 0 Å².